The van der Waals surface area contributed by atoms with Crippen molar-refractivity contribution in [3.63, 3.8) is 0 Å². The number of amides is 1. The second-order valence-electron chi connectivity index (χ2n) is 5.56. The number of halogens is 1. The summed E-state index contributed by atoms with van der Waals surface area (Å²) in [5.41, 5.74) is 1.08. The summed E-state index contributed by atoms with van der Waals surface area (Å²) >= 11 is 0. The Morgan fingerprint density at radius 3 is 2.67 bits per heavy atom. The molecule has 0 bridgehead atoms. The van der Waals surface area contributed by atoms with Gasteiger partial charge < -0.3 is 14.5 Å². The smallest absolute Gasteiger partial charge is 0.266 e. The van der Waals surface area contributed by atoms with Gasteiger partial charge in [0.05, 0.1) is 7.11 Å². The van der Waals surface area contributed by atoms with E-state index in [1.807, 2.05) is 6.07 Å². The van der Waals surface area contributed by atoms with Gasteiger partial charge in [-0.2, -0.15) is 5.26 Å². The van der Waals surface area contributed by atoms with Gasteiger partial charge in [0.1, 0.15) is 34.7 Å². The number of anilines is 1. The molecule has 6 heteroatoms. The molecule has 3 rings (SSSR count). The normalized spacial score (nSPS) is 10.9. The Kier molecular flexibility index (Phi) is 5.33. The lowest BCUT2D eigenvalue weighted by atomic mass is 10.2. The van der Waals surface area contributed by atoms with Crippen LogP contribution >= 0.6 is 0 Å². The fourth-order valence-electron chi connectivity index (χ4n) is 2.39. The van der Waals surface area contributed by atoms with Crippen LogP contribution in [0, 0.1) is 17.1 Å². The molecule has 5 nitrogen and oxygen atoms in total. The van der Waals surface area contributed by atoms with E-state index >= 15 is 0 Å². The van der Waals surface area contributed by atoms with E-state index in [9.17, 15) is 14.4 Å². The molecule has 0 saturated carbocycles. The first-order valence-corrected chi connectivity index (χ1v) is 8.02. The van der Waals surface area contributed by atoms with Crippen LogP contribution in [0.3, 0.4) is 0 Å². The van der Waals surface area contributed by atoms with Crippen molar-refractivity contribution < 1.29 is 18.3 Å². The van der Waals surface area contributed by atoms with Gasteiger partial charge in [-0.15, -0.1) is 0 Å². The molecule has 0 aliphatic carbocycles. The largest absolute Gasteiger partial charge is 0.497 e. The van der Waals surface area contributed by atoms with Crippen molar-refractivity contribution in [2.75, 3.05) is 12.4 Å². The van der Waals surface area contributed by atoms with Gasteiger partial charge in [-0.25, -0.2) is 4.39 Å². The minimum Gasteiger partial charge on any atom is -0.497 e. The monoisotopic (exact) mass is 362 g/mol. The number of benzene rings is 2. The number of rotatable bonds is 5. The van der Waals surface area contributed by atoms with E-state index in [0.29, 0.717) is 28.5 Å². The lowest BCUT2D eigenvalue weighted by Crippen LogP contribution is -2.13. The van der Waals surface area contributed by atoms with Crippen molar-refractivity contribution in [3.05, 3.63) is 77.8 Å². The summed E-state index contributed by atoms with van der Waals surface area (Å²) in [6.45, 7) is 0. The standard InChI is InChI=1S/C21H15FN2O3/c1-26-18-4-2-3-17(12-18)24-21(25)15(13-23)11-19-9-10-20(27-19)14-5-7-16(22)8-6-14/h2-12H,1H3,(H,24,25)/b15-11+. The predicted octanol–water partition coefficient (Wildman–Crippen LogP) is 4.64. The number of ether oxygens (including phenoxy) is 1. The van der Waals surface area contributed by atoms with Gasteiger partial charge in [-0.1, -0.05) is 6.07 Å². The number of nitrogens with one attached hydrogen (secondary N) is 1. The van der Waals surface area contributed by atoms with Crippen LogP contribution in [0.5, 0.6) is 5.75 Å². The van der Waals surface area contributed by atoms with Gasteiger partial charge in [0.25, 0.3) is 5.91 Å². The van der Waals surface area contributed by atoms with Gasteiger partial charge in [-0.3, -0.25) is 4.79 Å². The molecule has 0 atom stereocenters. The van der Waals surface area contributed by atoms with Crippen LogP contribution < -0.4 is 10.1 Å². The highest BCUT2D eigenvalue weighted by Gasteiger charge is 2.12. The minimum atomic E-state index is -0.564. The van der Waals surface area contributed by atoms with Crippen LogP contribution in [-0.4, -0.2) is 13.0 Å². The van der Waals surface area contributed by atoms with Crippen molar-refractivity contribution in [1.82, 2.24) is 0 Å². The van der Waals surface area contributed by atoms with Gasteiger partial charge in [-0.05, 0) is 48.5 Å². The van der Waals surface area contributed by atoms with E-state index in [2.05, 4.69) is 5.32 Å². The van der Waals surface area contributed by atoms with Crippen molar-refractivity contribution in [1.29, 1.82) is 5.26 Å². The zero-order chi connectivity index (χ0) is 19.2. The summed E-state index contributed by atoms with van der Waals surface area (Å²) in [6.07, 6.45) is 1.35. The Morgan fingerprint density at radius 1 is 1.19 bits per heavy atom. The van der Waals surface area contributed by atoms with E-state index in [0.717, 1.165) is 0 Å². The quantitative estimate of drug-likeness (QED) is 0.530. The van der Waals surface area contributed by atoms with Crippen molar-refractivity contribution in [3.8, 4) is 23.1 Å². The highest BCUT2D eigenvalue weighted by Crippen LogP contribution is 2.24. The van der Waals surface area contributed by atoms with E-state index in [1.54, 1.807) is 48.5 Å². The maximum absolute atomic E-state index is 13.0. The molecule has 134 valence electrons. The number of carbonyl (C=O) groups excluding carboxylic acids is 1. The number of furan rings is 1. The first-order chi connectivity index (χ1) is 13.1. The molecule has 1 aromatic heterocycles. The summed E-state index contributed by atoms with van der Waals surface area (Å²) < 4.78 is 23.7. The zero-order valence-electron chi connectivity index (χ0n) is 14.4. The van der Waals surface area contributed by atoms with Crippen molar-refractivity contribution in [2.24, 2.45) is 0 Å². The van der Waals surface area contributed by atoms with Crippen LogP contribution in [0.4, 0.5) is 10.1 Å². The van der Waals surface area contributed by atoms with E-state index in [-0.39, 0.29) is 11.4 Å². The molecule has 0 saturated heterocycles. The first kappa shape index (κ1) is 18.0. The number of hydrogen-bond donors (Lipinski definition) is 1. The first-order valence-electron chi connectivity index (χ1n) is 8.02. The molecule has 0 aliphatic heterocycles. The second-order valence-corrected chi connectivity index (χ2v) is 5.56. The fourth-order valence-corrected chi connectivity index (χ4v) is 2.39. The third-order valence-electron chi connectivity index (χ3n) is 3.73. The molecule has 0 aliphatic rings. The highest BCUT2D eigenvalue weighted by atomic mass is 19.1. The summed E-state index contributed by atoms with van der Waals surface area (Å²) in [4.78, 5) is 12.3. The Bertz CT molecular complexity index is 1030. The fraction of sp³-hybridized carbons (Fsp3) is 0.0476. The molecule has 1 amide bonds. The van der Waals surface area contributed by atoms with Crippen LogP contribution in [0.2, 0.25) is 0 Å². The van der Waals surface area contributed by atoms with Gasteiger partial charge in [0.2, 0.25) is 0 Å². The molecule has 0 unspecified atom stereocenters. The lowest BCUT2D eigenvalue weighted by molar-refractivity contribution is -0.112. The Morgan fingerprint density at radius 2 is 1.96 bits per heavy atom. The predicted molar refractivity (Wildman–Crippen MR) is 99.3 cm³/mol. The zero-order valence-corrected chi connectivity index (χ0v) is 14.4. The molecule has 0 fully saturated rings. The average Bonchev–Trinajstić information content (AvgIpc) is 3.15. The summed E-state index contributed by atoms with van der Waals surface area (Å²) in [7, 11) is 1.52. The van der Waals surface area contributed by atoms with E-state index in [1.165, 1.54) is 25.3 Å². The maximum atomic E-state index is 13.0. The Hall–Kier alpha value is -3.85. The van der Waals surface area contributed by atoms with E-state index < -0.39 is 5.91 Å². The Labute approximate surface area is 155 Å². The molecular formula is C21H15FN2O3. The third kappa shape index (κ3) is 4.41. The molecule has 1 heterocycles. The number of hydrogen-bond acceptors (Lipinski definition) is 4. The van der Waals surface area contributed by atoms with Crippen LogP contribution in [0.25, 0.3) is 17.4 Å². The SMILES string of the molecule is COc1cccc(NC(=O)/C(C#N)=C/c2ccc(-c3ccc(F)cc3)o2)c1. The molecular weight excluding hydrogens is 347 g/mol. The lowest BCUT2D eigenvalue weighted by Gasteiger charge is -2.06. The Balaban J connectivity index is 1.78. The van der Waals surface area contributed by atoms with Crippen molar-refractivity contribution in [2.45, 2.75) is 0 Å². The van der Waals surface area contributed by atoms with Crippen molar-refractivity contribution >= 4 is 17.7 Å². The molecule has 0 radical (unpaired) electrons. The number of nitriles is 1. The maximum Gasteiger partial charge on any atom is 0.266 e. The van der Waals surface area contributed by atoms with Crippen LogP contribution in [0.15, 0.2) is 70.7 Å². The van der Waals surface area contributed by atoms with Gasteiger partial charge in [0, 0.05) is 23.4 Å². The number of nitrogens with zero attached hydrogens (tertiary/aromatic N) is 1. The second kappa shape index (κ2) is 8.02. The molecule has 2 aromatic carbocycles. The topological polar surface area (TPSA) is 75.3 Å². The molecule has 27 heavy (non-hydrogen) atoms. The van der Waals surface area contributed by atoms with E-state index in [4.69, 9.17) is 9.15 Å². The minimum absolute atomic E-state index is 0.113. The van der Waals surface area contributed by atoms with Gasteiger partial charge >= 0.3 is 0 Å². The summed E-state index contributed by atoms with van der Waals surface area (Å²) in [5.74, 6) is 0.528. The average molecular weight is 362 g/mol. The summed E-state index contributed by atoms with van der Waals surface area (Å²) in [6, 6.07) is 17.8. The number of carbonyl (C=O) groups is 1. The third-order valence-corrected chi connectivity index (χ3v) is 3.73. The molecule has 3 aromatic rings. The summed E-state index contributed by atoms with van der Waals surface area (Å²) in [5, 5.41) is 11.9. The van der Waals surface area contributed by atoms with Crippen LogP contribution in [-0.2, 0) is 4.79 Å². The van der Waals surface area contributed by atoms with Crippen LogP contribution in [0.1, 0.15) is 5.76 Å². The molecule has 1 N–H and O–H groups in total. The highest BCUT2D eigenvalue weighted by molar-refractivity contribution is 6.09. The number of methoxy groups -OCH3 is 1. The molecule has 0 spiro atoms. The van der Waals surface area contributed by atoms with Gasteiger partial charge in [0.15, 0.2) is 0 Å².